The van der Waals surface area contributed by atoms with Gasteiger partial charge >= 0.3 is 5.97 Å². The molecule has 0 spiro atoms. The number of ether oxygens (including phenoxy) is 2. The maximum Gasteiger partial charge on any atom is 0.343 e. The van der Waals surface area contributed by atoms with Crippen LogP contribution in [0.2, 0.25) is 0 Å². The summed E-state index contributed by atoms with van der Waals surface area (Å²) in [7, 11) is 0. The monoisotopic (exact) mass is 432 g/mol. The normalized spacial score (nSPS) is 18.7. The fourth-order valence-corrected chi connectivity index (χ4v) is 4.79. The van der Waals surface area contributed by atoms with Crippen molar-refractivity contribution in [2.45, 2.75) is 45.4 Å². The second-order valence-corrected chi connectivity index (χ2v) is 8.15. The molecule has 0 radical (unpaired) electrons. The van der Waals surface area contributed by atoms with Crippen LogP contribution < -0.4 is 10.3 Å². The molecular formula is C25H24N2O5. The SMILES string of the molecule is C=CCOc1ccc2nc3c(c(CC)c2c1)Cn1c-3cc2c(c1=O)COC(=O)[C@]2(O)CC. The van der Waals surface area contributed by atoms with Crippen molar-refractivity contribution in [2.75, 3.05) is 6.61 Å². The third-order valence-electron chi connectivity index (χ3n) is 6.50. The molecule has 3 aromatic rings. The van der Waals surface area contributed by atoms with Gasteiger partial charge in [0.2, 0.25) is 0 Å². The lowest BCUT2D eigenvalue weighted by atomic mass is 9.86. The van der Waals surface area contributed by atoms with Crippen LogP contribution >= 0.6 is 0 Å². The number of aryl methyl sites for hydroxylation is 1. The Kier molecular flexibility index (Phi) is 4.67. The second kappa shape index (κ2) is 7.31. The third kappa shape index (κ3) is 2.74. The first-order valence-corrected chi connectivity index (χ1v) is 10.8. The van der Waals surface area contributed by atoms with Crippen LogP contribution in [-0.2, 0) is 34.7 Å². The molecule has 1 aromatic carbocycles. The summed E-state index contributed by atoms with van der Waals surface area (Å²) < 4.78 is 12.5. The molecule has 0 amide bonds. The van der Waals surface area contributed by atoms with Gasteiger partial charge in [-0.15, -0.1) is 0 Å². The molecule has 1 N–H and O–H groups in total. The molecule has 2 aromatic heterocycles. The van der Waals surface area contributed by atoms with E-state index in [1.54, 1.807) is 23.6 Å². The Balaban J connectivity index is 1.75. The van der Waals surface area contributed by atoms with E-state index in [2.05, 4.69) is 13.5 Å². The molecule has 4 heterocycles. The molecule has 0 saturated heterocycles. The predicted octanol–water partition coefficient (Wildman–Crippen LogP) is 3.21. The van der Waals surface area contributed by atoms with E-state index in [4.69, 9.17) is 14.5 Å². The summed E-state index contributed by atoms with van der Waals surface area (Å²) in [5.74, 6) is 0.0171. The minimum Gasteiger partial charge on any atom is -0.490 e. The highest BCUT2D eigenvalue weighted by Gasteiger charge is 2.45. The number of benzene rings is 1. The van der Waals surface area contributed by atoms with Crippen molar-refractivity contribution in [2.24, 2.45) is 0 Å². The molecule has 1 atom stereocenters. The number of aromatic nitrogens is 2. The quantitative estimate of drug-likeness (QED) is 0.385. The fraction of sp³-hybridized carbons (Fsp3) is 0.320. The smallest absolute Gasteiger partial charge is 0.343 e. The van der Waals surface area contributed by atoms with Crippen molar-refractivity contribution in [1.29, 1.82) is 0 Å². The number of cyclic esters (lactones) is 1. The number of aliphatic hydroxyl groups is 1. The zero-order valence-electron chi connectivity index (χ0n) is 18.1. The minimum atomic E-state index is -1.83. The topological polar surface area (TPSA) is 90.7 Å². The molecule has 2 aliphatic rings. The lowest BCUT2D eigenvalue weighted by Gasteiger charge is -2.31. The fourth-order valence-electron chi connectivity index (χ4n) is 4.79. The molecule has 0 bridgehead atoms. The number of esters is 1. The Bertz CT molecular complexity index is 1360. The van der Waals surface area contributed by atoms with E-state index in [1.165, 1.54) is 0 Å². The third-order valence-corrected chi connectivity index (χ3v) is 6.50. The lowest BCUT2D eigenvalue weighted by molar-refractivity contribution is -0.172. The van der Waals surface area contributed by atoms with Gasteiger partial charge in [0, 0.05) is 16.5 Å². The molecule has 164 valence electrons. The summed E-state index contributed by atoms with van der Waals surface area (Å²) >= 11 is 0. The van der Waals surface area contributed by atoms with Crippen LogP contribution in [-0.4, -0.2) is 27.2 Å². The standard InChI is InChI=1S/C25H24N2O5/c1-4-9-31-14-7-8-20-16(10-14)15(5-2)17-12-27-21(22(17)26-20)11-19-18(23(27)28)13-32-24(29)25(19,30)6-3/h4,7-8,10-11,30H,1,5-6,9,12-13H2,2-3H3/t25-/m0/s1. The summed E-state index contributed by atoms with van der Waals surface area (Å²) in [6.07, 6.45) is 2.57. The average Bonchev–Trinajstić information content (AvgIpc) is 3.17. The van der Waals surface area contributed by atoms with Crippen LogP contribution in [0.3, 0.4) is 0 Å². The number of carbonyl (C=O) groups is 1. The Morgan fingerprint density at radius 2 is 2.09 bits per heavy atom. The number of hydrogen-bond donors (Lipinski definition) is 1. The van der Waals surface area contributed by atoms with Crippen LogP contribution in [0.4, 0.5) is 0 Å². The van der Waals surface area contributed by atoms with Crippen LogP contribution in [0.5, 0.6) is 5.75 Å². The summed E-state index contributed by atoms with van der Waals surface area (Å²) in [5.41, 5.74) is 2.79. The van der Waals surface area contributed by atoms with E-state index < -0.39 is 11.6 Å². The Morgan fingerprint density at radius 3 is 2.81 bits per heavy atom. The molecule has 5 rings (SSSR count). The number of pyridine rings is 2. The van der Waals surface area contributed by atoms with Gasteiger partial charge < -0.3 is 19.1 Å². The molecule has 7 nitrogen and oxygen atoms in total. The molecule has 2 aliphatic heterocycles. The number of carbonyl (C=O) groups excluding carboxylic acids is 1. The molecule has 7 heteroatoms. The number of rotatable bonds is 5. The van der Waals surface area contributed by atoms with Gasteiger partial charge in [-0.1, -0.05) is 26.5 Å². The highest BCUT2D eigenvalue weighted by atomic mass is 16.6. The number of nitrogens with zero attached hydrogens (tertiary/aromatic N) is 2. The largest absolute Gasteiger partial charge is 0.490 e. The highest BCUT2D eigenvalue weighted by Crippen LogP contribution is 2.40. The first kappa shape index (κ1) is 20.5. The van der Waals surface area contributed by atoms with Crippen LogP contribution in [0, 0.1) is 0 Å². The Labute approximate surface area is 184 Å². The predicted molar refractivity (Wildman–Crippen MR) is 120 cm³/mol. The van der Waals surface area contributed by atoms with Gasteiger partial charge in [-0.2, -0.15) is 0 Å². The van der Waals surface area contributed by atoms with E-state index in [0.717, 1.165) is 34.2 Å². The van der Waals surface area contributed by atoms with Crippen molar-refractivity contribution < 1.29 is 19.4 Å². The van der Waals surface area contributed by atoms with Crippen LogP contribution in [0.25, 0.3) is 22.3 Å². The zero-order chi connectivity index (χ0) is 22.6. The van der Waals surface area contributed by atoms with E-state index in [-0.39, 0.29) is 18.6 Å². The maximum atomic E-state index is 13.4. The van der Waals surface area contributed by atoms with Crippen molar-refractivity contribution in [3.05, 3.63) is 69.5 Å². The molecule has 0 unspecified atom stereocenters. The average molecular weight is 432 g/mol. The lowest BCUT2D eigenvalue weighted by Crippen LogP contribution is -2.44. The summed E-state index contributed by atoms with van der Waals surface area (Å²) in [6.45, 7) is 8.13. The summed E-state index contributed by atoms with van der Waals surface area (Å²) in [6, 6.07) is 7.49. The summed E-state index contributed by atoms with van der Waals surface area (Å²) in [5, 5.41) is 12.0. The molecular weight excluding hydrogens is 408 g/mol. The first-order valence-electron chi connectivity index (χ1n) is 10.8. The van der Waals surface area contributed by atoms with Gasteiger partial charge in [-0.3, -0.25) is 4.79 Å². The van der Waals surface area contributed by atoms with Crippen LogP contribution in [0.1, 0.15) is 42.5 Å². The van der Waals surface area contributed by atoms with Gasteiger partial charge in [0.1, 0.15) is 19.0 Å². The minimum absolute atomic E-state index is 0.118. The molecule has 0 saturated carbocycles. The van der Waals surface area contributed by atoms with Gasteiger partial charge in [-0.25, -0.2) is 9.78 Å². The maximum absolute atomic E-state index is 13.4. The van der Waals surface area contributed by atoms with E-state index in [1.807, 2.05) is 18.2 Å². The van der Waals surface area contributed by atoms with Crippen molar-refractivity contribution in [1.82, 2.24) is 9.55 Å². The van der Waals surface area contributed by atoms with E-state index in [9.17, 15) is 14.7 Å². The Morgan fingerprint density at radius 1 is 1.28 bits per heavy atom. The summed E-state index contributed by atoms with van der Waals surface area (Å²) in [4.78, 5) is 30.6. The van der Waals surface area contributed by atoms with Crippen molar-refractivity contribution >= 4 is 16.9 Å². The second-order valence-electron chi connectivity index (χ2n) is 8.15. The highest BCUT2D eigenvalue weighted by molar-refractivity contribution is 5.90. The number of hydrogen-bond acceptors (Lipinski definition) is 6. The molecule has 0 aliphatic carbocycles. The molecule has 32 heavy (non-hydrogen) atoms. The van der Waals surface area contributed by atoms with E-state index >= 15 is 0 Å². The Hall–Kier alpha value is -3.45. The van der Waals surface area contributed by atoms with Crippen LogP contribution in [0.15, 0.2) is 41.7 Å². The molecule has 0 fully saturated rings. The zero-order valence-corrected chi connectivity index (χ0v) is 18.1. The van der Waals surface area contributed by atoms with Gasteiger partial charge in [0.25, 0.3) is 5.56 Å². The van der Waals surface area contributed by atoms with Gasteiger partial charge in [0.05, 0.1) is 29.0 Å². The van der Waals surface area contributed by atoms with Gasteiger partial charge in [0.15, 0.2) is 5.60 Å². The van der Waals surface area contributed by atoms with E-state index in [0.29, 0.717) is 35.7 Å². The number of fused-ring (bicyclic) bond motifs is 5. The first-order chi connectivity index (χ1) is 15.4. The van der Waals surface area contributed by atoms with Gasteiger partial charge in [-0.05, 0) is 42.7 Å². The van der Waals surface area contributed by atoms with Crippen molar-refractivity contribution in [3.63, 3.8) is 0 Å². The van der Waals surface area contributed by atoms with Crippen molar-refractivity contribution in [3.8, 4) is 17.1 Å².